The molecule has 1 heterocycles. The number of carbonyl (C=O) groups is 2. The maximum atomic E-state index is 14.3. The van der Waals surface area contributed by atoms with E-state index in [1.165, 1.54) is 17.0 Å². The lowest BCUT2D eigenvalue weighted by Gasteiger charge is -2.34. The molecule has 10 nitrogen and oxygen atoms in total. The SMILES string of the molecule is CC[C@@H](C(=O)NC1CCCC1)N(Cc1ccc(OC)cc1)C(=O)CN(c1ccc2c(c1)OCCO2)S(=O)(=O)c1ccccc1. The minimum absolute atomic E-state index is 0.0374. The van der Waals surface area contributed by atoms with E-state index < -0.39 is 28.5 Å². The number of amides is 2. The highest BCUT2D eigenvalue weighted by Crippen LogP contribution is 2.36. The zero-order chi connectivity index (χ0) is 31.1. The summed E-state index contributed by atoms with van der Waals surface area (Å²) in [5.41, 5.74) is 1.03. The first kappa shape index (κ1) is 31.2. The van der Waals surface area contributed by atoms with Gasteiger partial charge in [0.05, 0.1) is 17.7 Å². The molecule has 1 atom stereocenters. The van der Waals surface area contributed by atoms with Gasteiger partial charge < -0.3 is 24.4 Å². The second-order valence-corrected chi connectivity index (χ2v) is 12.8. The van der Waals surface area contributed by atoms with E-state index in [1.54, 1.807) is 55.6 Å². The highest BCUT2D eigenvalue weighted by atomic mass is 32.2. The van der Waals surface area contributed by atoms with Gasteiger partial charge in [-0.15, -0.1) is 0 Å². The Labute approximate surface area is 259 Å². The zero-order valence-corrected chi connectivity index (χ0v) is 25.9. The Kier molecular flexibility index (Phi) is 9.94. The van der Waals surface area contributed by atoms with Gasteiger partial charge in [-0.2, -0.15) is 0 Å². The average Bonchev–Trinajstić information content (AvgIpc) is 3.57. The number of hydrogen-bond donors (Lipinski definition) is 1. The standard InChI is InChI=1S/C33H39N3O7S/c1-3-29(33(38)34-25-9-7-8-10-25)35(22-24-13-16-27(41-2)17-14-24)32(37)23-36(44(39,40)28-11-5-4-6-12-28)26-15-18-30-31(21-26)43-20-19-42-30/h4-6,11-18,21,25,29H,3,7-10,19-20,22-23H2,1-2H3,(H,34,38)/t29-/m0/s1. The Morgan fingerprint density at radius 2 is 1.64 bits per heavy atom. The quantitative estimate of drug-likeness (QED) is 0.316. The smallest absolute Gasteiger partial charge is 0.264 e. The Morgan fingerprint density at radius 1 is 0.955 bits per heavy atom. The Morgan fingerprint density at radius 3 is 2.30 bits per heavy atom. The first-order valence-electron chi connectivity index (χ1n) is 15.0. The van der Waals surface area contributed by atoms with Crippen LogP contribution in [0, 0.1) is 0 Å². The second kappa shape index (κ2) is 14.0. The molecule has 2 aliphatic rings. The summed E-state index contributed by atoms with van der Waals surface area (Å²) in [6.45, 7) is 2.15. The first-order valence-corrected chi connectivity index (χ1v) is 16.4. The number of rotatable bonds is 12. The van der Waals surface area contributed by atoms with Gasteiger partial charge in [0, 0.05) is 18.7 Å². The van der Waals surface area contributed by atoms with Crippen LogP contribution in [0.25, 0.3) is 0 Å². The van der Waals surface area contributed by atoms with Gasteiger partial charge in [0.1, 0.15) is 31.5 Å². The monoisotopic (exact) mass is 621 g/mol. The summed E-state index contributed by atoms with van der Waals surface area (Å²) in [6, 6.07) is 19.3. The van der Waals surface area contributed by atoms with Crippen molar-refractivity contribution >= 4 is 27.5 Å². The maximum absolute atomic E-state index is 14.3. The minimum Gasteiger partial charge on any atom is -0.497 e. The molecular weight excluding hydrogens is 582 g/mol. The van der Waals surface area contributed by atoms with Crippen LogP contribution in [-0.2, 0) is 26.2 Å². The fraction of sp³-hybridized carbons (Fsp3) is 0.394. The second-order valence-electron chi connectivity index (χ2n) is 10.9. The van der Waals surface area contributed by atoms with Crippen molar-refractivity contribution in [3.63, 3.8) is 0 Å². The van der Waals surface area contributed by atoms with E-state index in [9.17, 15) is 18.0 Å². The van der Waals surface area contributed by atoms with Crippen LogP contribution < -0.4 is 23.8 Å². The number of nitrogens with one attached hydrogen (secondary N) is 1. The lowest BCUT2D eigenvalue weighted by molar-refractivity contribution is -0.140. The fourth-order valence-corrected chi connectivity index (χ4v) is 7.08. The molecule has 0 saturated heterocycles. The third-order valence-electron chi connectivity index (χ3n) is 8.02. The number of anilines is 1. The van der Waals surface area contributed by atoms with E-state index >= 15 is 0 Å². The summed E-state index contributed by atoms with van der Waals surface area (Å²) < 4.78 is 45.9. The van der Waals surface area contributed by atoms with Crippen molar-refractivity contribution < 1.29 is 32.2 Å². The highest BCUT2D eigenvalue weighted by Gasteiger charge is 2.35. The molecule has 1 saturated carbocycles. The molecule has 234 valence electrons. The molecular formula is C33H39N3O7S. The summed E-state index contributed by atoms with van der Waals surface area (Å²) in [6.07, 6.45) is 4.27. The molecule has 3 aromatic rings. The van der Waals surface area contributed by atoms with E-state index in [1.807, 2.05) is 19.1 Å². The van der Waals surface area contributed by atoms with Crippen molar-refractivity contribution in [1.29, 1.82) is 0 Å². The Bertz CT molecular complexity index is 1540. The molecule has 1 fully saturated rings. The van der Waals surface area contributed by atoms with Gasteiger partial charge in [-0.25, -0.2) is 8.42 Å². The normalized spacial score (nSPS) is 15.3. The minimum atomic E-state index is -4.19. The van der Waals surface area contributed by atoms with Gasteiger partial charge >= 0.3 is 0 Å². The largest absolute Gasteiger partial charge is 0.497 e. The van der Waals surface area contributed by atoms with Crippen molar-refractivity contribution in [2.45, 2.75) is 62.6 Å². The molecule has 0 spiro atoms. The van der Waals surface area contributed by atoms with Crippen LogP contribution >= 0.6 is 0 Å². The van der Waals surface area contributed by atoms with Crippen LogP contribution in [0.1, 0.15) is 44.6 Å². The summed E-state index contributed by atoms with van der Waals surface area (Å²) >= 11 is 0. The number of nitrogens with zero attached hydrogens (tertiary/aromatic N) is 2. The van der Waals surface area contributed by atoms with Crippen LogP contribution in [-0.4, -0.2) is 64.1 Å². The zero-order valence-electron chi connectivity index (χ0n) is 25.1. The summed E-state index contributed by atoms with van der Waals surface area (Å²) in [5, 5.41) is 3.13. The summed E-state index contributed by atoms with van der Waals surface area (Å²) in [5.74, 6) is 0.809. The molecule has 5 rings (SSSR count). The molecule has 0 aromatic heterocycles. The number of benzene rings is 3. The van der Waals surface area contributed by atoms with Crippen LogP contribution in [0.2, 0.25) is 0 Å². The highest BCUT2D eigenvalue weighted by molar-refractivity contribution is 7.92. The number of fused-ring (bicyclic) bond motifs is 1. The predicted octanol–water partition coefficient (Wildman–Crippen LogP) is 4.53. The van der Waals surface area contributed by atoms with Crippen molar-refractivity contribution in [3.8, 4) is 17.2 Å². The first-order chi connectivity index (χ1) is 21.3. The fourth-order valence-electron chi connectivity index (χ4n) is 5.65. The molecule has 1 N–H and O–H groups in total. The van der Waals surface area contributed by atoms with Gasteiger partial charge in [0.25, 0.3) is 10.0 Å². The molecule has 1 aliphatic carbocycles. The van der Waals surface area contributed by atoms with E-state index in [-0.39, 0.29) is 29.1 Å². The molecule has 3 aromatic carbocycles. The third-order valence-corrected chi connectivity index (χ3v) is 9.81. The van der Waals surface area contributed by atoms with E-state index in [4.69, 9.17) is 14.2 Å². The average molecular weight is 622 g/mol. The molecule has 2 amide bonds. The number of carbonyl (C=O) groups excluding carboxylic acids is 2. The van der Waals surface area contributed by atoms with Gasteiger partial charge in [0.2, 0.25) is 11.8 Å². The number of methoxy groups -OCH3 is 1. The topological polar surface area (TPSA) is 114 Å². The van der Waals surface area contributed by atoms with Crippen molar-refractivity contribution in [2.24, 2.45) is 0 Å². The van der Waals surface area contributed by atoms with Crippen LogP contribution in [0.3, 0.4) is 0 Å². The third kappa shape index (κ3) is 7.10. The van der Waals surface area contributed by atoms with Crippen LogP contribution in [0.15, 0.2) is 77.7 Å². The van der Waals surface area contributed by atoms with Gasteiger partial charge in [-0.1, -0.05) is 50.1 Å². The summed E-state index contributed by atoms with van der Waals surface area (Å²) in [4.78, 5) is 29.5. The van der Waals surface area contributed by atoms with E-state index in [0.29, 0.717) is 36.9 Å². The van der Waals surface area contributed by atoms with Crippen molar-refractivity contribution in [2.75, 3.05) is 31.2 Å². The Hall–Kier alpha value is -4.25. The van der Waals surface area contributed by atoms with Gasteiger partial charge in [0.15, 0.2) is 11.5 Å². The van der Waals surface area contributed by atoms with Crippen LogP contribution in [0.5, 0.6) is 17.2 Å². The van der Waals surface area contributed by atoms with E-state index in [2.05, 4.69) is 5.32 Å². The Balaban J connectivity index is 1.51. The molecule has 0 unspecified atom stereocenters. The predicted molar refractivity (Wildman–Crippen MR) is 166 cm³/mol. The van der Waals surface area contributed by atoms with Gasteiger partial charge in [-0.3, -0.25) is 13.9 Å². The van der Waals surface area contributed by atoms with Crippen molar-refractivity contribution in [1.82, 2.24) is 10.2 Å². The summed E-state index contributed by atoms with van der Waals surface area (Å²) in [7, 11) is -2.62. The van der Waals surface area contributed by atoms with Crippen molar-refractivity contribution in [3.05, 3.63) is 78.4 Å². The lowest BCUT2D eigenvalue weighted by atomic mass is 10.1. The van der Waals surface area contributed by atoms with Crippen LogP contribution in [0.4, 0.5) is 5.69 Å². The number of hydrogen-bond acceptors (Lipinski definition) is 7. The molecule has 0 radical (unpaired) electrons. The van der Waals surface area contributed by atoms with E-state index in [0.717, 1.165) is 35.6 Å². The number of sulfonamides is 1. The van der Waals surface area contributed by atoms with Gasteiger partial charge in [-0.05, 0) is 61.2 Å². The molecule has 44 heavy (non-hydrogen) atoms. The molecule has 1 aliphatic heterocycles. The lowest BCUT2D eigenvalue weighted by Crippen LogP contribution is -2.53. The maximum Gasteiger partial charge on any atom is 0.264 e. The number of ether oxygens (including phenoxy) is 3. The molecule has 0 bridgehead atoms. The molecule has 11 heteroatoms.